The molecule has 1 saturated heterocycles. The normalized spacial score (nSPS) is 29.2. The zero-order chi connectivity index (χ0) is 17.3. The highest BCUT2D eigenvalue weighted by atomic mass is 35.5. The lowest BCUT2D eigenvalue weighted by Gasteiger charge is -2.45. The zero-order valence-corrected chi connectivity index (χ0v) is 14.9. The van der Waals surface area contributed by atoms with E-state index in [0.717, 1.165) is 29.8 Å². The molecule has 2 aromatic rings. The standard InChI is InChI=1S/C21H23ClO3/c22-18-8-9-19-16(11-18)7-4-10-21(19,14-23)20-24-12-17(13-25-20)15-5-2-1-3-6-15/h1-3,5-6,8-9,11,17,20,23H,4,7,10,12-14H2/t17?,20?,21-/m0/s1. The van der Waals surface area contributed by atoms with Gasteiger partial charge in [-0.25, -0.2) is 0 Å². The number of halogens is 1. The van der Waals surface area contributed by atoms with Gasteiger partial charge in [-0.3, -0.25) is 0 Å². The summed E-state index contributed by atoms with van der Waals surface area (Å²) in [4.78, 5) is 0. The average molecular weight is 359 g/mol. The summed E-state index contributed by atoms with van der Waals surface area (Å²) in [5.74, 6) is 0.237. The third kappa shape index (κ3) is 3.11. The molecule has 2 aromatic carbocycles. The third-order valence-electron chi connectivity index (χ3n) is 5.57. The Balaban J connectivity index is 1.57. The van der Waals surface area contributed by atoms with E-state index in [9.17, 15) is 5.11 Å². The largest absolute Gasteiger partial charge is 0.395 e. The van der Waals surface area contributed by atoms with Gasteiger partial charge in [-0.1, -0.05) is 48.0 Å². The molecule has 1 N–H and O–H groups in total. The van der Waals surface area contributed by atoms with E-state index in [1.54, 1.807) is 0 Å². The van der Waals surface area contributed by atoms with Gasteiger partial charge < -0.3 is 14.6 Å². The van der Waals surface area contributed by atoms with Crippen LogP contribution in [0.15, 0.2) is 48.5 Å². The van der Waals surface area contributed by atoms with Gasteiger partial charge in [0.2, 0.25) is 0 Å². The maximum Gasteiger partial charge on any atom is 0.169 e. The fourth-order valence-electron chi connectivity index (χ4n) is 4.21. The number of benzene rings is 2. The molecule has 4 heteroatoms. The van der Waals surface area contributed by atoms with Gasteiger partial charge in [0, 0.05) is 10.9 Å². The van der Waals surface area contributed by atoms with Crippen molar-refractivity contribution in [1.29, 1.82) is 0 Å². The Morgan fingerprint density at radius 3 is 2.56 bits per heavy atom. The summed E-state index contributed by atoms with van der Waals surface area (Å²) in [6.45, 7) is 1.24. The van der Waals surface area contributed by atoms with E-state index in [1.165, 1.54) is 11.1 Å². The lowest BCUT2D eigenvalue weighted by molar-refractivity contribution is -0.230. The molecule has 0 spiro atoms. The van der Waals surface area contributed by atoms with E-state index in [1.807, 2.05) is 36.4 Å². The highest BCUT2D eigenvalue weighted by molar-refractivity contribution is 6.30. The van der Waals surface area contributed by atoms with Crippen LogP contribution >= 0.6 is 11.6 Å². The third-order valence-corrected chi connectivity index (χ3v) is 5.81. The SMILES string of the molecule is OC[C@@]1(C2OCC(c3ccccc3)CO2)CCCc2cc(Cl)ccc21. The summed E-state index contributed by atoms with van der Waals surface area (Å²) >= 11 is 6.16. The maximum absolute atomic E-state index is 10.3. The Kier molecular flexibility index (Phi) is 4.83. The van der Waals surface area contributed by atoms with Gasteiger partial charge in [0.1, 0.15) is 0 Å². The molecule has 1 fully saturated rings. The molecule has 1 aliphatic carbocycles. The lowest BCUT2D eigenvalue weighted by atomic mass is 9.69. The van der Waals surface area contributed by atoms with Crippen LogP contribution in [0.2, 0.25) is 5.02 Å². The second-order valence-electron chi connectivity index (χ2n) is 7.08. The Labute approximate surface area is 153 Å². The van der Waals surface area contributed by atoms with E-state index in [2.05, 4.69) is 12.1 Å². The summed E-state index contributed by atoms with van der Waals surface area (Å²) in [5.41, 5.74) is 3.05. The zero-order valence-electron chi connectivity index (χ0n) is 14.2. The van der Waals surface area contributed by atoms with Crippen LogP contribution in [-0.4, -0.2) is 31.2 Å². The molecule has 25 heavy (non-hydrogen) atoms. The van der Waals surface area contributed by atoms with Crippen LogP contribution < -0.4 is 0 Å². The molecule has 0 amide bonds. The summed E-state index contributed by atoms with van der Waals surface area (Å²) in [6.07, 6.45) is 2.42. The maximum atomic E-state index is 10.3. The van der Waals surface area contributed by atoms with E-state index < -0.39 is 11.7 Å². The number of fused-ring (bicyclic) bond motifs is 1. The Morgan fingerprint density at radius 1 is 1.08 bits per heavy atom. The average Bonchev–Trinajstić information content (AvgIpc) is 2.68. The van der Waals surface area contributed by atoms with E-state index in [4.69, 9.17) is 21.1 Å². The first-order valence-electron chi connectivity index (χ1n) is 8.91. The number of aliphatic hydroxyl groups excluding tert-OH is 1. The van der Waals surface area contributed by atoms with Crippen LogP contribution in [0.25, 0.3) is 0 Å². The van der Waals surface area contributed by atoms with Gasteiger partial charge in [-0.05, 0) is 48.1 Å². The Bertz CT molecular complexity index is 725. The second kappa shape index (κ2) is 7.08. The number of hydrogen-bond acceptors (Lipinski definition) is 3. The van der Waals surface area contributed by atoms with E-state index in [0.29, 0.717) is 13.2 Å². The van der Waals surface area contributed by atoms with Crippen LogP contribution in [0.1, 0.15) is 35.4 Å². The molecule has 2 aliphatic rings. The van der Waals surface area contributed by atoms with Crippen LogP contribution in [0, 0.1) is 0 Å². The van der Waals surface area contributed by atoms with Crippen molar-refractivity contribution in [2.75, 3.05) is 19.8 Å². The minimum atomic E-state index is -0.500. The smallest absolute Gasteiger partial charge is 0.169 e. The quantitative estimate of drug-likeness (QED) is 0.899. The molecule has 132 valence electrons. The van der Waals surface area contributed by atoms with Crippen molar-refractivity contribution in [3.05, 3.63) is 70.2 Å². The number of ether oxygens (including phenoxy) is 2. The molecule has 3 nitrogen and oxygen atoms in total. The molecule has 0 radical (unpaired) electrons. The fraction of sp³-hybridized carbons (Fsp3) is 0.429. The molecule has 1 heterocycles. The summed E-state index contributed by atoms with van der Waals surface area (Å²) < 4.78 is 12.3. The topological polar surface area (TPSA) is 38.7 Å². The number of aliphatic hydroxyl groups is 1. The first-order chi connectivity index (χ1) is 12.2. The number of aryl methyl sites for hydroxylation is 1. The highest BCUT2D eigenvalue weighted by Crippen LogP contribution is 2.43. The molecule has 1 atom stereocenters. The van der Waals surface area contributed by atoms with Crippen molar-refractivity contribution in [1.82, 2.24) is 0 Å². The van der Waals surface area contributed by atoms with Gasteiger partial charge in [-0.15, -0.1) is 0 Å². The molecule has 0 saturated carbocycles. The van der Waals surface area contributed by atoms with Crippen molar-refractivity contribution in [2.24, 2.45) is 0 Å². The predicted octanol–water partition coefficient (Wildman–Crippen LogP) is 4.06. The van der Waals surface area contributed by atoms with Gasteiger partial charge >= 0.3 is 0 Å². The summed E-state index contributed by atoms with van der Waals surface area (Å²) in [7, 11) is 0. The van der Waals surface area contributed by atoms with Crippen LogP contribution in [0.5, 0.6) is 0 Å². The first kappa shape index (κ1) is 17.0. The molecule has 0 aromatic heterocycles. The minimum Gasteiger partial charge on any atom is -0.395 e. The van der Waals surface area contributed by atoms with Crippen LogP contribution in [0.4, 0.5) is 0 Å². The predicted molar refractivity (Wildman–Crippen MR) is 98.0 cm³/mol. The second-order valence-corrected chi connectivity index (χ2v) is 7.51. The summed E-state index contributed by atoms with van der Waals surface area (Å²) in [6, 6.07) is 16.2. The van der Waals surface area contributed by atoms with Gasteiger partial charge in [0.25, 0.3) is 0 Å². The van der Waals surface area contributed by atoms with Crippen molar-refractivity contribution < 1.29 is 14.6 Å². The van der Waals surface area contributed by atoms with Gasteiger partial charge in [0.05, 0.1) is 25.2 Å². The van der Waals surface area contributed by atoms with Crippen molar-refractivity contribution in [3.8, 4) is 0 Å². The molecular weight excluding hydrogens is 336 g/mol. The molecule has 4 rings (SSSR count). The number of hydrogen-bond donors (Lipinski definition) is 1. The van der Waals surface area contributed by atoms with Crippen molar-refractivity contribution in [3.63, 3.8) is 0 Å². The van der Waals surface area contributed by atoms with Crippen LogP contribution in [-0.2, 0) is 21.3 Å². The lowest BCUT2D eigenvalue weighted by Crippen LogP contribution is -2.51. The first-order valence-corrected chi connectivity index (χ1v) is 9.29. The van der Waals surface area contributed by atoms with Crippen LogP contribution in [0.3, 0.4) is 0 Å². The summed E-state index contributed by atoms with van der Waals surface area (Å²) in [5, 5.41) is 11.0. The van der Waals surface area contributed by atoms with Gasteiger partial charge in [-0.2, -0.15) is 0 Å². The molecular formula is C21H23ClO3. The van der Waals surface area contributed by atoms with Gasteiger partial charge in [0.15, 0.2) is 6.29 Å². The fourth-order valence-corrected chi connectivity index (χ4v) is 4.40. The van der Waals surface area contributed by atoms with E-state index >= 15 is 0 Å². The monoisotopic (exact) mass is 358 g/mol. The molecule has 0 bridgehead atoms. The van der Waals surface area contributed by atoms with Crippen molar-refractivity contribution in [2.45, 2.75) is 36.9 Å². The minimum absolute atomic E-state index is 0.0162. The number of rotatable bonds is 3. The Hall–Kier alpha value is -1.39. The molecule has 0 unspecified atom stereocenters. The highest BCUT2D eigenvalue weighted by Gasteiger charge is 2.46. The van der Waals surface area contributed by atoms with E-state index in [-0.39, 0.29) is 12.5 Å². The molecule has 1 aliphatic heterocycles. The van der Waals surface area contributed by atoms with Crippen molar-refractivity contribution >= 4 is 11.6 Å². The Morgan fingerprint density at radius 2 is 1.84 bits per heavy atom.